The number of carbonyl (C=O) groups excluding carboxylic acids is 1. The molecule has 3 rings (SSSR count). The van der Waals surface area contributed by atoms with Crippen LogP contribution in [0.25, 0.3) is 0 Å². The summed E-state index contributed by atoms with van der Waals surface area (Å²) in [4.78, 5) is 22.7. The monoisotopic (exact) mass is 219 g/mol. The van der Waals surface area contributed by atoms with Crippen molar-refractivity contribution in [2.24, 2.45) is 5.41 Å². The summed E-state index contributed by atoms with van der Waals surface area (Å²) in [5.41, 5.74) is 1.50. The molecule has 4 heteroatoms. The summed E-state index contributed by atoms with van der Waals surface area (Å²) in [6.45, 7) is 0.883. The van der Waals surface area contributed by atoms with Crippen molar-refractivity contribution in [3.8, 4) is 0 Å². The molecular formula is C12H13NO3. The minimum absolute atomic E-state index is 0.0545. The number of ketones is 1. The van der Waals surface area contributed by atoms with E-state index in [9.17, 15) is 9.59 Å². The summed E-state index contributed by atoms with van der Waals surface area (Å²) in [6.07, 6.45) is 4.66. The van der Waals surface area contributed by atoms with Crippen molar-refractivity contribution in [3.63, 3.8) is 0 Å². The highest BCUT2D eigenvalue weighted by molar-refractivity contribution is 5.98. The first-order valence-electron chi connectivity index (χ1n) is 5.53. The molecule has 0 aromatic carbocycles. The van der Waals surface area contributed by atoms with Gasteiger partial charge in [-0.2, -0.15) is 0 Å². The van der Waals surface area contributed by atoms with Crippen LogP contribution in [0.1, 0.15) is 35.3 Å². The van der Waals surface area contributed by atoms with Gasteiger partial charge in [0.15, 0.2) is 5.78 Å². The Labute approximate surface area is 92.9 Å². The minimum Gasteiger partial charge on any atom is -0.481 e. The predicted molar refractivity (Wildman–Crippen MR) is 56.4 cm³/mol. The van der Waals surface area contributed by atoms with Crippen LogP contribution < -0.4 is 0 Å². The van der Waals surface area contributed by atoms with Crippen LogP contribution in [0.3, 0.4) is 0 Å². The normalized spacial score (nSPS) is 20.9. The number of rotatable bonds is 2. The molecule has 0 radical (unpaired) electrons. The molecule has 0 saturated heterocycles. The molecule has 2 aliphatic rings. The molecule has 1 saturated carbocycles. The summed E-state index contributed by atoms with van der Waals surface area (Å²) in [7, 11) is 0. The van der Waals surface area contributed by atoms with Crippen LogP contribution in [-0.2, 0) is 17.8 Å². The minimum atomic E-state index is -0.881. The number of Topliss-reactive ketones (excluding diaryl/α,β-unsaturated/α-hetero) is 1. The van der Waals surface area contributed by atoms with E-state index in [1.54, 1.807) is 6.07 Å². The molecular weight excluding hydrogens is 206 g/mol. The average Bonchev–Trinajstić information content (AvgIpc) is 2.78. The smallest absolute Gasteiger partial charge is 0.307 e. The zero-order chi connectivity index (χ0) is 11.3. The molecule has 2 heterocycles. The SMILES string of the molecule is O=C(O)Cc1ccn2c1C(=O)CC1(CC1)C2. The summed E-state index contributed by atoms with van der Waals surface area (Å²) in [6, 6.07) is 1.77. The molecule has 1 spiro atoms. The average molecular weight is 219 g/mol. The van der Waals surface area contributed by atoms with Crippen molar-refractivity contribution < 1.29 is 14.7 Å². The summed E-state index contributed by atoms with van der Waals surface area (Å²) < 4.78 is 1.94. The number of carbonyl (C=O) groups is 2. The van der Waals surface area contributed by atoms with Crippen LogP contribution in [0.2, 0.25) is 0 Å². The zero-order valence-corrected chi connectivity index (χ0v) is 8.90. The molecule has 16 heavy (non-hydrogen) atoms. The third-order valence-corrected chi connectivity index (χ3v) is 3.65. The van der Waals surface area contributed by atoms with Gasteiger partial charge < -0.3 is 9.67 Å². The Balaban J connectivity index is 1.98. The molecule has 1 aliphatic carbocycles. The second-order valence-corrected chi connectivity index (χ2v) is 4.99. The van der Waals surface area contributed by atoms with E-state index in [2.05, 4.69) is 0 Å². The van der Waals surface area contributed by atoms with Crippen molar-refractivity contribution in [2.75, 3.05) is 0 Å². The van der Waals surface area contributed by atoms with Gasteiger partial charge in [-0.25, -0.2) is 0 Å². The van der Waals surface area contributed by atoms with E-state index >= 15 is 0 Å². The van der Waals surface area contributed by atoms with Crippen molar-refractivity contribution in [1.29, 1.82) is 0 Å². The van der Waals surface area contributed by atoms with E-state index in [1.807, 2.05) is 10.8 Å². The maximum absolute atomic E-state index is 12.0. The second kappa shape index (κ2) is 2.97. The fourth-order valence-electron chi connectivity index (χ4n) is 2.65. The lowest BCUT2D eigenvalue weighted by Gasteiger charge is -2.23. The van der Waals surface area contributed by atoms with Gasteiger partial charge in [0.1, 0.15) is 0 Å². The molecule has 0 unspecified atom stereocenters. The first-order valence-corrected chi connectivity index (χ1v) is 5.53. The fraction of sp³-hybridized carbons (Fsp3) is 0.500. The molecule has 1 fully saturated rings. The van der Waals surface area contributed by atoms with E-state index < -0.39 is 5.97 Å². The van der Waals surface area contributed by atoms with Gasteiger partial charge >= 0.3 is 5.97 Å². The fourth-order valence-corrected chi connectivity index (χ4v) is 2.65. The molecule has 4 nitrogen and oxygen atoms in total. The molecule has 0 atom stereocenters. The third kappa shape index (κ3) is 1.37. The standard InChI is InChI=1S/C12H13NO3/c14-9-6-12(2-3-12)7-13-4-1-8(11(9)13)5-10(15)16/h1,4H,2-3,5-7H2,(H,15,16). The molecule has 1 aliphatic heterocycles. The highest BCUT2D eigenvalue weighted by atomic mass is 16.4. The number of hydrogen-bond donors (Lipinski definition) is 1. The van der Waals surface area contributed by atoms with Gasteiger partial charge in [-0.05, 0) is 29.9 Å². The van der Waals surface area contributed by atoms with E-state index in [4.69, 9.17) is 5.11 Å². The van der Waals surface area contributed by atoms with Crippen molar-refractivity contribution in [1.82, 2.24) is 4.57 Å². The van der Waals surface area contributed by atoms with Crippen LogP contribution in [0.5, 0.6) is 0 Å². The van der Waals surface area contributed by atoms with Crippen LogP contribution in [0, 0.1) is 5.41 Å². The van der Waals surface area contributed by atoms with Gasteiger partial charge in [0.05, 0.1) is 12.1 Å². The maximum Gasteiger partial charge on any atom is 0.307 e. The van der Waals surface area contributed by atoms with Crippen LogP contribution >= 0.6 is 0 Å². The Morgan fingerprint density at radius 3 is 2.88 bits per heavy atom. The number of aliphatic carboxylic acids is 1. The quantitative estimate of drug-likeness (QED) is 0.819. The molecule has 1 N–H and O–H groups in total. The number of hydrogen-bond acceptors (Lipinski definition) is 2. The van der Waals surface area contributed by atoms with Crippen molar-refractivity contribution in [2.45, 2.75) is 32.2 Å². The number of fused-ring (bicyclic) bond motifs is 1. The lowest BCUT2D eigenvalue weighted by molar-refractivity contribution is -0.136. The highest BCUT2D eigenvalue weighted by Gasteiger charge is 2.48. The molecule has 84 valence electrons. The Hall–Kier alpha value is -1.58. The van der Waals surface area contributed by atoms with Crippen LogP contribution in [0.4, 0.5) is 0 Å². The van der Waals surface area contributed by atoms with Gasteiger partial charge in [0, 0.05) is 19.2 Å². The first-order chi connectivity index (χ1) is 7.60. The summed E-state index contributed by atoms with van der Waals surface area (Å²) in [5, 5.41) is 8.77. The highest BCUT2D eigenvalue weighted by Crippen LogP contribution is 2.53. The predicted octanol–water partition coefficient (Wildman–Crippen LogP) is 1.48. The van der Waals surface area contributed by atoms with Gasteiger partial charge in [-0.3, -0.25) is 9.59 Å². The Morgan fingerprint density at radius 1 is 1.50 bits per heavy atom. The topological polar surface area (TPSA) is 59.3 Å². The molecule has 1 aromatic rings. The van der Waals surface area contributed by atoms with E-state index in [1.165, 1.54) is 0 Å². The second-order valence-electron chi connectivity index (χ2n) is 4.99. The molecule has 0 amide bonds. The molecule has 0 bridgehead atoms. The van der Waals surface area contributed by atoms with Gasteiger partial charge in [-0.1, -0.05) is 0 Å². The summed E-state index contributed by atoms with van der Waals surface area (Å²) in [5.74, 6) is -0.765. The largest absolute Gasteiger partial charge is 0.481 e. The lowest BCUT2D eigenvalue weighted by Crippen LogP contribution is -2.26. The number of aromatic nitrogens is 1. The van der Waals surface area contributed by atoms with E-state index in [0.29, 0.717) is 17.7 Å². The number of carboxylic acid groups (broad SMARTS) is 1. The molecule has 1 aromatic heterocycles. The third-order valence-electron chi connectivity index (χ3n) is 3.65. The Kier molecular flexibility index (Phi) is 1.79. The zero-order valence-electron chi connectivity index (χ0n) is 8.90. The van der Waals surface area contributed by atoms with Gasteiger partial charge in [-0.15, -0.1) is 0 Å². The number of nitrogens with zero attached hydrogens (tertiary/aromatic N) is 1. The van der Waals surface area contributed by atoms with Crippen molar-refractivity contribution >= 4 is 11.8 Å². The Bertz CT molecular complexity index is 482. The van der Waals surface area contributed by atoms with Crippen molar-refractivity contribution in [3.05, 3.63) is 23.5 Å². The van der Waals surface area contributed by atoms with Crippen LogP contribution in [-0.4, -0.2) is 21.4 Å². The summed E-state index contributed by atoms with van der Waals surface area (Å²) >= 11 is 0. The van der Waals surface area contributed by atoms with Gasteiger partial charge in [0.2, 0.25) is 0 Å². The Morgan fingerprint density at radius 2 is 2.25 bits per heavy atom. The first kappa shape index (κ1) is 9.63. The lowest BCUT2D eigenvalue weighted by atomic mass is 9.92. The van der Waals surface area contributed by atoms with Crippen LogP contribution in [0.15, 0.2) is 12.3 Å². The van der Waals surface area contributed by atoms with E-state index in [0.717, 1.165) is 19.4 Å². The number of carboxylic acids is 1. The van der Waals surface area contributed by atoms with Gasteiger partial charge in [0.25, 0.3) is 0 Å². The van der Waals surface area contributed by atoms with E-state index in [-0.39, 0.29) is 17.6 Å². The maximum atomic E-state index is 12.0.